The van der Waals surface area contributed by atoms with E-state index in [-0.39, 0.29) is 12.1 Å². The quantitative estimate of drug-likeness (QED) is 0.711. The number of para-hydroxylation sites is 1. The number of anilines is 1. The van der Waals surface area contributed by atoms with Crippen molar-refractivity contribution in [2.75, 3.05) is 38.2 Å². The van der Waals surface area contributed by atoms with Crippen molar-refractivity contribution >= 4 is 16.7 Å². The second-order valence-corrected chi connectivity index (χ2v) is 8.31. The highest BCUT2D eigenvalue weighted by molar-refractivity contribution is 5.90. The molecule has 3 aliphatic rings. The number of nitrogens with zero attached hydrogens (tertiary/aromatic N) is 2. The first-order chi connectivity index (χ1) is 14.4. The molecule has 0 amide bonds. The Morgan fingerprint density at radius 1 is 1.10 bits per heavy atom. The second kappa shape index (κ2) is 7.04. The summed E-state index contributed by atoms with van der Waals surface area (Å²) in [6.45, 7) is 4.09. The molecule has 1 saturated carbocycles. The first-order valence-electron chi connectivity index (χ1n) is 10.6. The Morgan fingerprint density at radius 2 is 1.97 bits per heavy atom. The molecule has 6 rings (SSSR count). The van der Waals surface area contributed by atoms with Gasteiger partial charge in [-0.1, -0.05) is 18.2 Å². The van der Waals surface area contributed by atoms with Crippen LogP contribution in [0.25, 0.3) is 10.9 Å². The first-order valence-corrected chi connectivity index (χ1v) is 10.6. The number of aromatic nitrogens is 2. The number of benzene rings is 1. The first kappa shape index (κ1) is 17.3. The maximum atomic E-state index is 6.14. The van der Waals surface area contributed by atoms with Crippen LogP contribution in [0.4, 0.5) is 5.82 Å². The van der Waals surface area contributed by atoms with Gasteiger partial charge in [-0.15, -0.1) is 0 Å². The molecule has 2 N–H and O–H groups in total. The van der Waals surface area contributed by atoms with Crippen molar-refractivity contribution in [2.45, 2.75) is 30.8 Å². The molecule has 0 unspecified atom stereocenters. The molecule has 2 aliphatic heterocycles. The zero-order valence-electron chi connectivity index (χ0n) is 16.4. The maximum Gasteiger partial charge on any atom is 0.135 e. The minimum absolute atomic E-state index is 0.121. The van der Waals surface area contributed by atoms with E-state index in [2.05, 4.69) is 45.5 Å². The number of fused-ring (bicyclic) bond motifs is 2. The minimum atomic E-state index is 0.121. The number of rotatable bonds is 4. The highest BCUT2D eigenvalue weighted by Crippen LogP contribution is 2.42. The molecule has 0 spiro atoms. The molecule has 2 fully saturated rings. The molecule has 4 heterocycles. The van der Waals surface area contributed by atoms with Crippen LogP contribution < -0.4 is 10.1 Å². The Morgan fingerprint density at radius 3 is 2.83 bits per heavy atom. The predicted octanol–water partition coefficient (Wildman–Crippen LogP) is 3.69. The molecule has 6 heteroatoms. The summed E-state index contributed by atoms with van der Waals surface area (Å²) in [5.74, 6) is 2.61. The van der Waals surface area contributed by atoms with Crippen molar-refractivity contribution in [3.05, 3.63) is 53.9 Å². The van der Waals surface area contributed by atoms with Gasteiger partial charge in [-0.2, -0.15) is 0 Å². The van der Waals surface area contributed by atoms with E-state index in [4.69, 9.17) is 14.5 Å². The van der Waals surface area contributed by atoms with Gasteiger partial charge in [0.1, 0.15) is 18.2 Å². The third-order valence-corrected chi connectivity index (χ3v) is 6.44. The maximum absolute atomic E-state index is 6.14. The SMILES string of the molecule is c1ccc2c(c1)OC[C@H](N1CCOCC1)[C@H]2Nc1nccc2[nH]c(C3CC3)cc12. The van der Waals surface area contributed by atoms with Crippen LogP contribution in [0.1, 0.15) is 36.1 Å². The fraction of sp³-hybridized carbons (Fsp3) is 0.435. The minimum Gasteiger partial charge on any atom is -0.491 e. The molecule has 1 saturated heterocycles. The average Bonchev–Trinajstić information content (AvgIpc) is 3.53. The van der Waals surface area contributed by atoms with E-state index in [1.807, 2.05) is 12.3 Å². The van der Waals surface area contributed by atoms with Crippen molar-refractivity contribution in [3.63, 3.8) is 0 Å². The Bertz CT molecular complexity index is 1020. The fourth-order valence-electron chi connectivity index (χ4n) is 4.70. The highest BCUT2D eigenvalue weighted by atomic mass is 16.5. The van der Waals surface area contributed by atoms with Crippen LogP contribution in [0.3, 0.4) is 0 Å². The number of pyridine rings is 1. The van der Waals surface area contributed by atoms with Crippen molar-refractivity contribution in [3.8, 4) is 5.75 Å². The largest absolute Gasteiger partial charge is 0.491 e. The molecular weight excluding hydrogens is 364 g/mol. The van der Waals surface area contributed by atoms with Gasteiger partial charge in [0.25, 0.3) is 0 Å². The van der Waals surface area contributed by atoms with E-state index in [1.54, 1.807) is 0 Å². The number of nitrogens with one attached hydrogen (secondary N) is 2. The van der Waals surface area contributed by atoms with Crippen LogP contribution in [-0.4, -0.2) is 53.8 Å². The van der Waals surface area contributed by atoms with Gasteiger partial charge in [0.15, 0.2) is 0 Å². The van der Waals surface area contributed by atoms with Crippen molar-refractivity contribution in [1.29, 1.82) is 0 Å². The Labute approximate surface area is 170 Å². The number of hydrogen-bond donors (Lipinski definition) is 2. The number of hydrogen-bond acceptors (Lipinski definition) is 5. The molecule has 0 radical (unpaired) electrons. The number of H-pyrrole nitrogens is 1. The molecule has 3 aromatic rings. The molecule has 2 aromatic heterocycles. The third-order valence-electron chi connectivity index (χ3n) is 6.44. The van der Waals surface area contributed by atoms with Crippen LogP contribution >= 0.6 is 0 Å². The van der Waals surface area contributed by atoms with Gasteiger partial charge in [0, 0.05) is 35.9 Å². The summed E-state index contributed by atoms with van der Waals surface area (Å²) < 4.78 is 11.7. The monoisotopic (exact) mass is 390 g/mol. The molecule has 0 bridgehead atoms. The molecule has 6 nitrogen and oxygen atoms in total. The summed E-state index contributed by atoms with van der Waals surface area (Å²) in [7, 11) is 0. The van der Waals surface area contributed by atoms with Crippen molar-refractivity contribution < 1.29 is 9.47 Å². The number of ether oxygens (including phenoxy) is 2. The lowest BCUT2D eigenvalue weighted by Crippen LogP contribution is -2.52. The Hall–Kier alpha value is -2.57. The summed E-state index contributed by atoms with van der Waals surface area (Å²) in [6.07, 6.45) is 4.47. The Balaban J connectivity index is 1.38. The smallest absolute Gasteiger partial charge is 0.135 e. The second-order valence-electron chi connectivity index (χ2n) is 8.31. The van der Waals surface area contributed by atoms with Gasteiger partial charge in [-0.25, -0.2) is 4.98 Å². The van der Waals surface area contributed by atoms with E-state index in [0.29, 0.717) is 12.5 Å². The van der Waals surface area contributed by atoms with E-state index in [1.165, 1.54) is 29.5 Å². The van der Waals surface area contributed by atoms with Crippen LogP contribution in [0, 0.1) is 0 Å². The summed E-state index contributed by atoms with van der Waals surface area (Å²) >= 11 is 0. The molecule has 2 atom stereocenters. The summed E-state index contributed by atoms with van der Waals surface area (Å²) in [5, 5.41) is 4.99. The highest BCUT2D eigenvalue weighted by Gasteiger charge is 2.36. The predicted molar refractivity (Wildman–Crippen MR) is 113 cm³/mol. The summed E-state index contributed by atoms with van der Waals surface area (Å²) in [6, 6.07) is 13.1. The number of aromatic amines is 1. The van der Waals surface area contributed by atoms with Crippen LogP contribution in [0.5, 0.6) is 5.75 Å². The van der Waals surface area contributed by atoms with Crippen LogP contribution in [-0.2, 0) is 4.74 Å². The molecule has 1 aliphatic carbocycles. The zero-order chi connectivity index (χ0) is 19.2. The van der Waals surface area contributed by atoms with Gasteiger partial charge >= 0.3 is 0 Å². The van der Waals surface area contributed by atoms with E-state index in [0.717, 1.165) is 43.4 Å². The molecular formula is C23H26N4O2. The molecule has 29 heavy (non-hydrogen) atoms. The average molecular weight is 390 g/mol. The summed E-state index contributed by atoms with van der Waals surface area (Å²) in [4.78, 5) is 10.8. The van der Waals surface area contributed by atoms with Gasteiger partial charge in [0.05, 0.1) is 30.8 Å². The normalized spacial score (nSPS) is 24.8. The van der Waals surface area contributed by atoms with E-state index < -0.39 is 0 Å². The van der Waals surface area contributed by atoms with Gasteiger partial charge in [0.2, 0.25) is 0 Å². The lowest BCUT2D eigenvalue weighted by atomic mass is 9.94. The molecule has 150 valence electrons. The summed E-state index contributed by atoms with van der Waals surface area (Å²) in [5.41, 5.74) is 3.70. The standard InChI is InChI=1S/C23H26N4O2/c1-2-4-21-16(3-1)22(20(14-29-21)27-9-11-28-12-10-27)26-23-17-13-19(15-5-6-15)25-18(17)7-8-24-23/h1-4,7-8,13,15,20,22,25H,5-6,9-12,14H2,(H,24,26)/t20-,22-/m0/s1. The van der Waals surface area contributed by atoms with Crippen molar-refractivity contribution in [2.24, 2.45) is 0 Å². The van der Waals surface area contributed by atoms with Gasteiger partial charge in [-0.3, -0.25) is 4.90 Å². The number of morpholine rings is 1. The van der Waals surface area contributed by atoms with E-state index >= 15 is 0 Å². The van der Waals surface area contributed by atoms with Crippen molar-refractivity contribution in [1.82, 2.24) is 14.9 Å². The zero-order valence-corrected chi connectivity index (χ0v) is 16.4. The lowest BCUT2D eigenvalue weighted by Gasteiger charge is -2.42. The lowest BCUT2D eigenvalue weighted by molar-refractivity contribution is -0.00341. The van der Waals surface area contributed by atoms with Gasteiger partial charge < -0.3 is 19.8 Å². The topological polar surface area (TPSA) is 62.4 Å². The van der Waals surface area contributed by atoms with Crippen LogP contribution in [0.15, 0.2) is 42.6 Å². The Kier molecular flexibility index (Phi) is 4.20. The molecule has 1 aromatic carbocycles. The van der Waals surface area contributed by atoms with Gasteiger partial charge in [-0.05, 0) is 37.0 Å². The van der Waals surface area contributed by atoms with E-state index in [9.17, 15) is 0 Å². The third kappa shape index (κ3) is 3.16. The van der Waals surface area contributed by atoms with Crippen LogP contribution in [0.2, 0.25) is 0 Å². The fourth-order valence-corrected chi connectivity index (χ4v) is 4.70.